The van der Waals surface area contributed by atoms with Gasteiger partial charge in [0.05, 0.1) is 0 Å². The molecule has 3 heteroatoms. The van der Waals surface area contributed by atoms with Gasteiger partial charge in [-0.15, -0.1) is 0 Å². The van der Waals surface area contributed by atoms with Gasteiger partial charge in [0.2, 0.25) is 0 Å². The largest absolute Gasteiger partial charge is 0.489 e. The SMILES string of the molecule is Cc1ccc(OC2CCCNC2)cc1Br. The Morgan fingerprint density at radius 3 is 3.00 bits per heavy atom. The van der Waals surface area contributed by atoms with E-state index in [1.54, 1.807) is 0 Å². The molecule has 0 amide bonds. The Hall–Kier alpha value is -0.540. The van der Waals surface area contributed by atoms with Crippen molar-refractivity contribution in [3.8, 4) is 5.75 Å². The second-order valence-electron chi connectivity index (χ2n) is 4.00. The second kappa shape index (κ2) is 4.99. The molecule has 0 saturated carbocycles. The van der Waals surface area contributed by atoms with Gasteiger partial charge >= 0.3 is 0 Å². The molecule has 1 fully saturated rings. The third-order valence-corrected chi connectivity index (χ3v) is 3.55. The van der Waals surface area contributed by atoms with E-state index >= 15 is 0 Å². The van der Waals surface area contributed by atoms with Crippen molar-refractivity contribution in [3.63, 3.8) is 0 Å². The van der Waals surface area contributed by atoms with E-state index in [1.807, 2.05) is 12.1 Å². The number of benzene rings is 1. The quantitative estimate of drug-likeness (QED) is 0.892. The lowest BCUT2D eigenvalue weighted by atomic mass is 10.1. The van der Waals surface area contributed by atoms with Gasteiger partial charge in [0.15, 0.2) is 0 Å². The van der Waals surface area contributed by atoms with E-state index in [2.05, 4.69) is 34.2 Å². The normalized spacial score (nSPS) is 21.3. The molecule has 1 aliphatic rings. The number of aryl methyl sites for hydroxylation is 1. The van der Waals surface area contributed by atoms with Crippen LogP contribution >= 0.6 is 15.9 Å². The lowest BCUT2D eigenvalue weighted by Gasteiger charge is -2.24. The first-order valence-electron chi connectivity index (χ1n) is 5.39. The molecule has 0 bridgehead atoms. The molecular formula is C12H16BrNO. The fourth-order valence-electron chi connectivity index (χ4n) is 1.76. The number of hydrogen-bond acceptors (Lipinski definition) is 2. The standard InChI is InChI=1S/C12H16BrNO/c1-9-4-5-10(7-12(9)13)15-11-3-2-6-14-8-11/h4-5,7,11,14H,2-3,6,8H2,1H3. The van der Waals surface area contributed by atoms with Crippen LogP contribution in [0.1, 0.15) is 18.4 Å². The third-order valence-electron chi connectivity index (χ3n) is 2.70. The summed E-state index contributed by atoms with van der Waals surface area (Å²) < 4.78 is 7.01. The third kappa shape index (κ3) is 2.95. The average Bonchev–Trinajstić information content (AvgIpc) is 2.25. The molecule has 1 saturated heterocycles. The number of hydrogen-bond donors (Lipinski definition) is 1. The molecule has 1 aliphatic heterocycles. The minimum atomic E-state index is 0.327. The van der Waals surface area contributed by atoms with Crippen LogP contribution in [0.2, 0.25) is 0 Å². The zero-order valence-electron chi connectivity index (χ0n) is 8.92. The summed E-state index contributed by atoms with van der Waals surface area (Å²) in [6, 6.07) is 6.16. The van der Waals surface area contributed by atoms with Crippen LogP contribution in [0.15, 0.2) is 22.7 Å². The highest BCUT2D eigenvalue weighted by Crippen LogP contribution is 2.23. The first-order valence-corrected chi connectivity index (χ1v) is 6.18. The van der Waals surface area contributed by atoms with Crippen LogP contribution in [0.3, 0.4) is 0 Å². The van der Waals surface area contributed by atoms with Gasteiger partial charge in [-0.25, -0.2) is 0 Å². The zero-order valence-corrected chi connectivity index (χ0v) is 10.5. The van der Waals surface area contributed by atoms with E-state index in [-0.39, 0.29) is 0 Å². The van der Waals surface area contributed by atoms with E-state index in [9.17, 15) is 0 Å². The molecule has 1 N–H and O–H groups in total. The van der Waals surface area contributed by atoms with Gasteiger partial charge in [0, 0.05) is 11.0 Å². The highest BCUT2D eigenvalue weighted by molar-refractivity contribution is 9.10. The number of ether oxygens (including phenoxy) is 1. The lowest BCUT2D eigenvalue weighted by Crippen LogP contribution is -2.37. The van der Waals surface area contributed by atoms with Crippen molar-refractivity contribution in [2.75, 3.05) is 13.1 Å². The summed E-state index contributed by atoms with van der Waals surface area (Å²) in [6.45, 7) is 4.17. The van der Waals surface area contributed by atoms with E-state index in [4.69, 9.17) is 4.74 Å². The summed E-state index contributed by atoms with van der Waals surface area (Å²) in [4.78, 5) is 0. The van der Waals surface area contributed by atoms with Crippen molar-refractivity contribution in [2.24, 2.45) is 0 Å². The van der Waals surface area contributed by atoms with Crippen molar-refractivity contribution in [3.05, 3.63) is 28.2 Å². The molecule has 0 aromatic heterocycles. The summed E-state index contributed by atoms with van der Waals surface area (Å²) in [5, 5.41) is 3.34. The Balaban J connectivity index is 2.00. The van der Waals surface area contributed by atoms with Gasteiger partial charge in [-0.3, -0.25) is 0 Å². The Kier molecular flexibility index (Phi) is 3.65. The Labute approximate surface area is 99.1 Å². The average molecular weight is 270 g/mol. The van der Waals surface area contributed by atoms with E-state index in [1.165, 1.54) is 12.0 Å². The zero-order chi connectivity index (χ0) is 10.7. The van der Waals surface area contributed by atoms with Crippen LogP contribution in [0.25, 0.3) is 0 Å². The van der Waals surface area contributed by atoms with Gasteiger partial charge in [-0.1, -0.05) is 22.0 Å². The molecule has 0 spiro atoms. The molecule has 1 atom stereocenters. The van der Waals surface area contributed by atoms with Gasteiger partial charge in [-0.05, 0) is 44.0 Å². The molecule has 0 aliphatic carbocycles. The molecule has 1 aromatic rings. The van der Waals surface area contributed by atoms with Crippen LogP contribution in [-0.4, -0.2) is 19.2 Å². The molecule has 1 heterocycles. The maximum Gasteiger partial charge on any atom is 0.120 e. The minimum absolute atomic E-state index is 0.327. The van der Waals surface area contributed by atoms with Crippen molar-refractivity contribution >= 4 is 15.9 Å². The van der Waals surface area contributed by atoms with Crippen molar-refractivity contribution in [2.45, 2.75) is 25.9 Å². The smallest absolute Gasteiger partial charge is 0.120 e. The molecule has 2 nitrogen and oxygen atoms in total. The van der Waals surface area contributed by atoms with Crippen LogP contribution in [0.4, 0.5) is 0 Å². The van der Waals surface area contributed by atoms with Crippen molar-refractivity contribution < 1.29 is 4.74 Å². The molecule has 1 unspecified atom stereocenters. The summed E-state index contributed by atoms with van der Waals surface area (Å²) in [5.74, 6) is 0.959. The first-order chi connectivity index (χ1) is 7.25. The summed E-state index contributed by atoms with van der Waals surface area (Å²) in [7, 11) is 0. The molecule has 82 valence electrons. The van der Waals surface area contributed by atoms with Gasteiger partial charge < -0.3 is 10.1 Å². The molecule has 2 rings (SSSR count). The van der Waals surface area contributed by atoms with Crippen LogP contribution < -0.4 is 10.1 Å². The lowest BCUT2D eigenvalue weighted by molar-refractivity contribution is 0.167. The molecular weight excluding hydrogens is 254 g/mol. The highest BCUT2D eigenvalue weighted by atomic mass is 79.9. The van der Waals surface area contributed by atoms with E-state index in [0.717, 1.165) is 29.7 Å². The van der Waals surface area contributed by atoms with Crippen LogP contribution in [0.5, 0.6) is 5.75 Å². The Bertz CT molecular complexity index is 334. The number of nitrogens with one attached hydrogen (secondary N) is 1. The topological polar surface area (TPSA) is 21.3 Å². The Morgan fingerprint density at radius 2 is 2.33 bits per heavy atom. The number of rotatable bonds is 2. The first kappa shape index (κ1) is 11.0. The second-order valence-corrected chi connectivity index (χ2v) is 4.85. The number of piperidine rings is 1. The predicted molar refractivity (Wildman–Crippen MR) is 65.4 cm³/mol. The summed E-state index contributed by atoms with van der Waals surface area (Å²) in [6.07, 6.45) is 2.68. The van der Waals surface area contributed by atoms with Gasteiger partial charge in [0.1, 0.15) is 11.9 Å². The maximum atomic E-state index is 5.90. The van der Waals surface area contributed by atoms with Gasteiger partial charge in [-0.2, -0.15) is 0 Å². The molecule has 0 radical (unpaired) electrons. The fraction of sp³-hybridized carbons (Fsp3) is 0.500. The Morgan fingerprint density at radius 1 is 1.47 bits per heavy atom. The predicted octanol–water partition coefficient (Wildman–Crippen LogP) is 2.89. The molecule has 15 heavy (non-hydrogen) atoms. The molecule has 1 aromatic carbocycles. The monoisotopic (exact) mass is 269 g/mol. The van der Waals surface area contributed by atoms with Gasteiger partial charge in [0.25, 0.3) is 0 Å². The summed E-state index contributed by atoms with van der Waals surface area (Å²) >= 11 is 3.52. The minimum Gasteiger partial charge on any atom is -0.489 e. The van der Waals surface area contributed by atoms with E-state index in [0.29, 0.717) is 6.10 Å². The van der Waals surface area contributed by atoms with Crippen LogP contribution in [0, 0.1) is 6.92 Å². The highest BCUT2D eigenvalue weighted by Gasteiger charge is 2.14. The van der Waals surface area contributed by atoms with Crippen molar-refractivity contribution in [1.29, 1.82) is 0 Å². The number of halogens is 1. The van der Waals surface area contributed by atoms with Crippen molar-refractivity contribution in [1.82, 2.24) is 5.32 Å². The summed E-state index contributed by atoms with van der Waals surface area (Å²) in [5.41, 5.74) is 1.24. The van der Waals surface area contributed by atoms with Crippen LogP contribution in [-0.2, 0) is 0 Å². The maximum absolute atomic E-state index is 5.90. The fourth-order valence-corrected chi connectivity index (χ4v) is 2.12. The van der Waals surface area contributed by atoms with E-state index < -0.39 is 0 Å².